The Morgan fingerprint density at radius 1 is 1.40 bits per heavy atom. The van der Waals surface area contributed by atoms with Crippen molar-refractivity contribution in [2.24, 2.45) is 5.73 Å². The molecule has 1 aromatic carbocycles. The Bertz CT molecular complexity index is 296. The van der Waals surface area contributed by atoms with Gasteiger partial charge in [-0.15, -0.1) is 11.8 Å². The Morgan fingerprint density at radius 3 is 2.80 bits per heavy atom. The summed E-state index contributed by atoms with van der Waals surface area (Å²) >= 11 is 1.74. The molecule has 1 rings (SSSR count). The molecule has 0 radical (unpaired) electrons. The topological polar surface area (TPSA) is 38.0 Å². The van der Waals surface area contributed by atoms with Gasteiger partial charge in [-0.1, -0.05) is 37.3 Å². The molecule has 82 valence electrons. The highest BCUT2D eigenvalue weighted by Crippen LogP contribution is 2.13. The summed E-state index contributed by atoms with van der Waals surface area (Å²) < 4.78 is 0. The van der Waals surface area contributed by atoms with Crippen LogP contribution in [0.25, 0.3) is 0 Å². The quantitative estimate of drug-likeness (QED) is 0.776. The number of hydrogen-bond acceptors (Lipinski definition) is 3. The summed E-state index contributed by atoms with van der Waals surface area (Å²) in [6, 6.07) is 10.4. The summed E-state index contributed by atoms with van der Waals surface area (Å²) in [5.41, 5.74) is 8.03. The third-order valence-corrected chi connectivity index (χ3v) is 2.88. The number of nitrogens with two attached hydrogens (primary N) is 1. The van der Waals surface area contributed by atoms with Crippen molar-refractivity contribution in [3.63, 3.8) is 0 Å². The van der Waals surface area contributed by atoms with Gasteiger partial charge in [0, 0.05) is 18.0 Å². The normalized spacial score (nSPS) is 11.7. The number of rotatable bonds is 6. The first-order chi connectivity index (χ1) is 7.33. The molecule has 3 heteroatoms. The van der Waals surface area contributed by atoms with Crippen LogP contribution in [0, 0.1) is 0 Å². The average Bonchev–Trinajstić information content (AvgIpc) is 2.28. The van der Waals surface area contributed by atoms with Gasteiger partial charge in [0.25, 0.3) is 0 Å². The molecule has 0 heterocycles. The monoisotopic (exact) mass is 222 g/mol. The van der Waals surface area contributed by atoms with Crippen molar-refractivity contribution in [2.75, 3.05) is 13.1 Å². The van der Waals surface area contributed by atoms with E-state index in [1.165, 1.54) is 5.56 Å². The van der Waals surface area contributed by atoms with Gasteiger partial charge >= 0.3 is 0 Å². The van der Waals surface area contributed by atoms with E-state index in [0.717, 1.165) is 24.5 Å². The van der Waals surface area contributed by atoms with E-state index >= 15 is 0 Å². The number of benzene rings is 1. The van der Waals surface area contributed by atoms with Crippen molar-refractivity contribution < 1.29 is 0 Å². The maximum absolute atomic E-state index is 5.80. The SMILES string of the molecule is CCNC/C(N)=C/SCc1ccccc1. The second-order valence-corrected chi connectivity index (χ2v) is 4.13. The minimum atomic E-state index is 0.776. The highest BCUT2D eigenvalue weighted by atomic mass is 32.2. The van der Waals surface area contributed by atoms with Crippen molar-refractivity contribution >= 4 is 11.8 Å². The van der Waals surface area contributed by atoms with Crippen LogP contribution in [-0.4, -0.2) is 13.1 Å². The lowest BCUT2D eigenvalue weighted by Gasteiger charge is -2.02. The fraction of sp³-hybridized carbons (Fsp3) is 0.333. The molecule has 0 aliphatic rings. The van der Waals surface area contributed by atoms with Crippen LogP contribution in [0.15, 0.2) is 41.4 Å². The summed E-state index contributed by atoms with van der Waals surface area (Å²) in [7, 11) is 0. The van der Waals surface area contributed by atoms with Crippen LogP contribution < -0.4 is 11.1 Å². The smallest absolute Gasteiger partial charge is 0.0357 e. The lowest BCUT2D eigenvalue weighted by atomic mass is 10.2. The van der Waals surface area contributed by atoms with Gasteiger partial charge in [0.05, 0.1) is 0 Å². The van der Waals surface area contributed by atoms with E-state index in [1.54, 1.807) is 11.8 Å². The van der Waals surface area contributed by atoms with Gasteiger partial charge in [0.15, 0.2) is 0 Å². The minimum absolute atomic E-state index is 0.776. The molecular weight excluding hydrogens is 204 g/mol. The summed E-state index contributed by atoms with van der Waals surface area (Å²) in [6.45, 7) is 3.81. The van der Waals surface area contributed by atoms with Crippen molar-refractivity contribution in [1.82, 2.24) is 5.32 Å². The van der Waals surface area contributed by atoms with Gasteiger partial charge in [-0.3, -0.25) is 0 Å². The van der Waals surface area contributed by atoms with Crippen LogP contribution in [0.4, 0.5) is 0 Å². The van der Waals surface area contributed by atoms with E-state index in [1.807, 2.05) is 11.5 Å². The maximum Gasteiger partial charge on any atom is 0.0357 e. The molecule has 0 saturated heterocycles. The number of likely N-dealkylation sites (N-methyl/N-ethyl adjacent to an activating group) is 1. The van der Waals surface area contributed by atoms with Crippen molar-refractivity contribution in [3.05, 3.63) is 47.0 Å². The van der Waals surface area contributed by atoms with E-state index in [-0.39, 0.29) is 0 Å². The summed E-state index contributed by atoms with van der Waals surface area (Å²) in [5.74, 6) is 0.980. The second kappa shape index (κ2) is 7.37. The molecule has 0 amide bonds. The number of hydrogen-bond donors (Lipinski definition) is 2. The zero-order chi connectivity index (χ0) is 10.9. The van der Waals surface area contributed by atoms with E-state index < -0.39 is 0 Å². The molecule has 0 aromatic heterocycles. The zero-order valence-electron chi connectivity index (χ0n) is 9.07. The van der Waals surface area contributed by atoms with Gasteiger partial charge in [-0.2, -0.15) is 0 Å². The Kier molecular flexibility index (Phi) is 5.97. The van der Waals surface area contributed by atoms with Crippen LogP contribution in [0.5, 0.6) is 0 Å². The number of nitrogens with one attached hydrogen (secondary N) is 1. The Balaban J connectivity index is 2.26. The van der Waals surface area contributed by atoms with Crippen molar-refractivity contribution in [1.29, 1.82) is 0 Å². The summed E-state index contributed by atoms with van der Waals surface area (Å²) in [4.78, 5) is 0. The van der Waals surface area contributed by atoms with E-state index in [2.05, 4.69) is 36.5 Å². The van der Waals surface area contributed by atoms with Gasteiger partial charge in [-0.25, -0.2) is 0 Å². The highest BCUT2D eigenvalue weighted by Gasteiger charge is 1.91. The predicted octanol–water partition coefficient (Wildman–Crippen LogP) is 2.33. The first-order valence-electron chi connectivity index (χ1n) is 5.13. The molecule has 2 nitrogen and oxygen atoms in total. The minimum Gasteiger partial charge on any atom is -0.401 e. The largest absolute Gasteiger partial charge is 0.401 e. The molecule has 3 N–H and O–H groups in total. The molecule has 0 unspecified atom stereocenters. The van der Waals surface area contributed by atoms with Crippen LogP contribution in [-0.2, 0) is 5.75 Å². The standard InChI is InChI=1S/C12H18N2S/c1-2-14-8-12(13)10-15-9-11-6-4-3-5-7-11/h3-7,10,14H,2,8-9,13H2,1H3/b12-10-. The lowest BCUT2D eigenvalue weighted by molar-refractivity contribution is 0.772. The van der Waals surface area contributed by atoms with Crippen LogP contribution >= 0.6 is 11.8 Å². The lowest BCUT2D eigenvalue weighted by Crippen LogP contribution is -2.19. The van der Waals surface area contributed by atoms with E-state index in [4.69, 9.17) is 5.73 Å². The molecular formula is C12H18N2S. The third-order valence-electron chi connectivity index (χ3n) is 1.91. The first kappa shape index (κ1) is 12.1. The second-order valence-electron chi connectivity index (χ2n) is 3.27. The Morgan fingerprint density at radius 2 is 2.13 bits per heavy atom. The van der Waals surface area contributed by atoms with Crippen LogP contribution in [0.3, 0.4) is 0 Å². The molecule has 0 aliphatic heterocycles. The van der Waals surface area contributed by atoms with Crippen LogP contribution in [0.2, 0.25) is 0 Å². The number of thioether (sulfide) groups is 1. The molecule has 0 atom stereocenters. The van der Waals surface area contributed by atoms with Crippen molar-refractivity contribution in [2.45, 2.75) is 12.7 Å². The first-order valence-corrected chi connectivity index (χ1v) is 6.18. The summed E-state index contributed by atoms with van der Waals surface area (Å²) in [6.07, 6.45) is 0. The van der Waals surface area contributed by atoms with E-state index in [0.29, 0.717) is 0 Å². The van der Waals surface area contributed by atoms with Crippen molar-refractivity contribution in [3.8, 4) is 0 Å². The molecule has 0 aliphatic carbocycles. The molecule has 0 bridgehead atoms. The average molecular weight is 222 g/mol. The molecule has 0 saturated carbocycles. The maximum atomic E-state index is 5.80. The van der Waals surface area contributed by atoms with Gasteiger partial charge in [0.2, 0.25) is 0 Å². The van der Waals surface area contributed by atoms with Gasteiger partial charge in [0.1, 0.15) is 0 Å². The predicted molar refractivity (Wildman–Crippen MR) is 68.6 cm³/mol. The highest BCUT2D eigenvalue weighted by molar-refractivity contribution is 8.01. The molecule has 1 aromatic rings. The molecule has 0 spiro atoms. The Hall–Kier alpha value is -0.930. The zero-order valence-corrected chi connectivity index (χ0v) is 9.89. The molecule has 0 fully saturated rings. The van der Waals surface area contributed by atoms with E-state index in [9.17, 15) is 0 Å². The third kappa shape index (κ3) is 5.50. The molecule has 15 heavy (non-hydrogen) atoms. The van der Waals surface area contributed by atoms with Gasteiger partial charge in [-0.05, 0) is 17.5 Å². The fourth-order valence-corrected chi connectivity index (χ4v) is 1.90. The fourth-order valence-electron chi connectivity index (χ4n) is 1.13. The van der Waals surface area contributed by atoms with Gasteiger partial charge < -0.3 is 11.1 Å². The Labute approximate surface area is 95.9 Å². The van der Waals surface area contributed by atoms with Crippen LogP contribution in [0.1, 0.15) is 12.5 Å². The summed E-state index contributed by atoms with van der Waals surface area (Å²) in [5, 5.41) is 5.21.